The maximum Gasteiger partial charge on any atom is 0.146 e. The van der Waals surface area contributed by atoms with Gasteiger partial charge in [-0.2, -0.15) is 5.10 Å². The largest absolute Gasteiger partial charge is 0.382 e. The van der Waals surface area contributed by atoms with Gasteiger partial charge in [0, 0.05) is 38.9 Å². The lowest BCUT2D eigenvalue weighted by atomic mass is 10.2. The molecule has 6 heteroatoms. The molecule has 1 aromatic carbocycles. The molecule has 0 amide bonds. The number of piperazine rings is 1. The maximum atomic E-state index is 13.8. The van der Waals surface area contributed by atoms with E-state index in [-0.39, 0.29) is 5.82 Å². The van der Waals surface area contributed by atoms with Crippen molar-refractivity contribution in [2.45, 2.75) is 6.54 Å². The van der Waals surface area contributed by atoms with Crippen LogP contribution in [0.3, 0.4) is 0 Å². The zero-order valence-corrected chi connectivity index (χ0v) is 12.0. The van der Waals surface area contributed by atoms with Crippen molar-refractivity contribution in [3.05, 3.63) is 42.3 Å². The van der Waals surface area contributed by atoms with Crippen molar-refractivity contribution in [2.24, 2.45) is 0 Å². The predicted octanol–water partition coefficient (Wildman–Crippen LogP) is 1.43. The third-order valence-electron chi connectivity index (χ3n) is 3.87. The monoisotopic (exact) mass is 289 g/mol. The molecule has 2 heterocycles. The fourth-order valence-corrected chi connectivity index (χ4v) is 2.67. The fraction of sp³-hybridized carbons (Fsp3) is 0.400. The molecule has 2 N–H and O–H groups in total. The first-order chi connectivity index (χ1) is 10.2. The number of benzene rings is 1. The van der Waals surface area contributed by atoms with Crippen LogP contribution < -0.4 is 10.6 Å². The van der Waals surface area contributed by atoms with E-state index in [2.05, 4.69) is 14.9 Å². The summed E-state index contributed by atoms with van der Waals surface area (Å²) in [7, 11) is 0. The summed E-state index contributed by atoms with van der Waals surface area (Å²) in [6.45, 7) is 5.34. The van der Waals surface area contributed by atoms with E-state index >= 15 is 0 Å². The second-order valence-corrected chi connectivity index (χ2v) is 5.28. The Kier molecular flexibility index (Phi) is 4.06. The number of nitrogen functional groups attached to an aromatic ring is 1. The average molecular weight is 289 g/mol. The first-order valence-electron chi connectivity index (χ1n) is 7.23. The molecule has 2 aromatic rings. The summed E-state index contributed by atoms with van der Waals surface area (Å²) < 4.78 is 15.6. The van der Waals surface area contributed by atoms with Gasteiger partial charge in [-0.25, -0.2) is 4.39 Å². The van der Waals surface area contributed by atoms with Crippen molar-refractivity contribution in [3.8, 4) is 0 Å². The molecule has 1 aromatic heterocycles. The van der Waals surface area contributed by atoms with Gasteiger partial charge in [-0.3, -0.25) is 9.58 Å². The Morgan fingerprint density at radius 1 is 1.05 bits per heavy atom. The van der Waals surface area contributed by atoms with Crippen LogP contribution in [0.15, 0.2) is 36.5 Å². The summed E-state index contributed by atoms with van der Waals surface area (Å²) in [5, 5.41) is 4.18. The SMILES string of the molecule is Nc1ccn(CCN2CCN(c3ccccc3F)CC2)n1. The van der Waals surface area contributed by atoms with Crippen molar-refractivity contribution in [2.75, 3.05) is 43.4 Å². The van der Waals surface area contributed by atoms with Gasteiger partial charge in [-0.1, -0.05) is 12.1 Å². The van der Waals surface area contributed by atoms with Crippen molar-refractivity contribution in [1.82, 2.24) is 14.7 Å². The lowest BCUT2D eigenvalue weighted by Gasteiger charge is -2.36. The van der Waals surface area contributed by atoms with E-state index in [4.69, 9.17) is 5.73 Å². The summed E-state index contributed by atoms with van der Waals surface area (Å²) in [6.07, 6.45) is 1.89. The third-order valence-corrected chi connectivity index (χ3v) is 3.87. The minimum absolute atomic E-state index is 0.141. The van der Waals surface area contributed by atoms with Crippen LogP contribution in [0.25, 0.3) is 0 Å². The van der Waals surface area contributed by atoms with Gasteiger partial charge in [-0.15, -0.1) is 0 Å². The first-order valence-corrected chi connectivity index (χ1v) is 7.23. The van der Waals surface area contributed by atoms with Crippen LogP contribution in [0, 0.1) is 5.82 Å². The van der Waals surface area contributed by atoms with E-state index in [1.165, 1.54) is 6.07 Å². The van der Waals surface area contributed by atoms with Crippen LogP contribution in [0.1, 0.15) is 0 Å². The molecule has 0 radical (unpaired) electrons. The van der Waals surface area contributed by atoms with E-state index in [0.717, 1.165) is 39.3 Å². The molecule has 0 atom stereocenters. The summed E-state index contributed by atoms with van der Waals surface area (Å²) in [6, 6.07) is 8.77. The topological polar surface area (TPSA) is 50.3 Å². The summed E-state index contributed by atoms with van der Waals surface area (Å²) in [5.41, 5.74) is 6.30. The van der Waals surface area contributed by atoms with Crippen molar-refractivity contribution in [1.29, 1.82) is 0 Å². The van der Waals surface area contributed by atoms with Crippen LogP contribution in [0.2, 0.25) is 0 Å². The highest BCUT2D eigenvalue weighted by Gasteiger charge is 2.18. The van der Waals surface area contributed by atoms with E-state index in [1.807, 2.05) is 23.0 Å². The van der Waals surface area contributed by atoms with Crippen molar-refractivity contribution < 1.29 is 4.39 Å². The molecule has 0 bridgehead atoms. The quantitative estimate of drug-likeness (QED) is 0.925. The van der Waals surface area contributed by atoms with Gasteiger partial charge in [-0.05, 0) is 18.2 Å². The normalized spacial score (nSPS) is 16.3. The molecule has 0 aliphatic carbocycles. The number of hydrogen-bond donors (Lipinski definition) is 1. The molecular formula is C15H20FN5. The second-order valence-electron chi connectivity index (χ2n) is 5.28. The molecule has 1 aliphatic rings. The number of aromatic nitrogens is 2. The molecule has 1 fully saturated rings. The number of nitrogens with zero attached hydrogens (tertiary/aromatic N) is 4. The smallest absolute Gasteiger partial charge is 0.146 e. The third kappa shape index (κ3) is 3.33. The molecule has 0 saturated carbocycles. The van der Waals surface area contributed by atoms with Crippen molar-refractivity contribution in [3.63, 3.8) is 0 Å². The van der Waals surface area contributed by atoms with Gasteiger partial charge >= 0.3 is 0 Å². The van der Waals surface area contributed by atoms with Gasteiger partial charge in [0.2, 0.25) is 0 Å². The van der Waals surface area contributed by atoms with Crippen LogP contribution in [-0.2, 0) is 6.54 Å². The van der Waals surface area contributed by atoms with Crippen LogP contribution in [0.4, 0.5) is 15.9 Å². The number of rotatable bonds is 4. The Morgan fingerprint density at radius 2 is 1.81 bits per heavy atom. The Labute approximate surface area is 123 Å². The average Bonchev–Trinajstić information content (AvgIpc) is 2.92. The molecule has 0 unspecified atom stereocenters. The molecule has 1 saturated heterocycles. The highest BCUT2D eigenvalue weighted by Crippen LogP contribution is 2.20. The van der Waals surface area contributed by atoms with E-state index < -0.39 is 0 Å². The van der Waals surface area contributed by atoms with E-state index in [1.54, 1.807) is 12.1 Å². The molecular weight excluding hydrogens is 269 g/mol. The predicted molar refractivity (Wildman–Crippen MR) is 81.7 cm³/mol. The minimum Gasteiger partial charge on any atom is -0.382 e. The number of anilines is 2. The zero-order valence-electron chi connectivity index (χ0n) is 12.0. The molecule has 112 valence electrons. The lowest BCUT2D eigenvalue weighted by Crippen LogP contribution is -2.47. The number of para-hydroxylation sites is 1. The van der Waals surface area contributed by atoms with Gasteiger partial charge in [0.05, 0.1) is 12.2 Å². The van der Waals surface area contributed by atoms with E-state index in [9.17, 15) is 4.39 Å². The van der Waals surface area contributed by atoms with Gasteiger partial charge in [0.25, 0.3) is 0 Å². The van der Waals surface area contributed by atoms with Gasteiger partial charge in [0.1, 0.15) is 11.6 Å². The Morgan fingerprint density at radius 3 is 2.48 bits per heavy atom. The van der Waals surface area contributed by atoms with Crippen LogP contribution in [-0.4, -0.2) is 47.4 Å². The Hall–Kier alpha value is -2.08. The summed E-state index contributed by atoms with van der Waals surface area (Å²) >= 11 is 0. The van der Waals surface area contributed by atoms with E-state index in [0.29, 0.717) is 11.5 Å². The standard InChI is InChI=1S/C15H20FN5/c16-13-3-1-2-4-14(13)20-10-7-19(8-11-20)9-12-21-6-5-15(17)18-21/h1-6H,7-12H2,(H2,17,18). The Bertz CT molecular complexity index is 589. The van der Waals surface area contributed by atoms with Gasteiger partial charge in [0.15, 0.2) is 0 Å². The number of nitrogens with two attached hydrogens (primary N) is 1. The van der Waals surface area contributed by atoms with Crippen molar-refractivity contribution >= 4 is 11.5 Å². The first kappa shape index (κ1) is 13.9. The highest BCUT2D eigenvalue weighted by molar-refractivity contribution is 5.47. The number of halogens is 1. The maximum absolute atomic E-state index is 13.8. The Balaban J connectivity index is 1.50. The van der Waals surface area contributed by atoms with Crippen LogP contribution in [0.5, 0.6) is 0 Å². The van der Waals surface area contributed by atoms with Crippen LogP contribution >= 0.6 is 0 Å². The van der Waals surface area contributed by atoms with Gasteiger partial charge < -0.3 is 10.6 Å². The summed E-state index contributed by atoms with van der Waals surface area (Å²) in [5.74, 6) is 0.414. The molecule has 5 nitrogen and oxygen atoms in total. The number of hydrogen-bond acceptors (Lipinski definition) is 4. The highest BCUT2D eigenvalue weighted by atomic mass is 19.1. The molecule has 3 rings (SSSR count). The minimum atomic E-state index is -0.141. The molecule has 0 spiro atoms. The lowest BCUT2D eigenvalue weighted by molar-refractivity contribution is 0.244. The second kappa shape index (κ2) is 6.13. The fourth-order valence-electron chi connectivity index (χ4n) is 2.67. The zero-order chi connectivity index (χ0) is 14.7. The molecule has 1 aliphatic heterocycles. The molecule has 21 heavy (non-hydrogen) atoms. The summed E-state index contributed by atoms with van der Waals surface area (Å²) in [4.78, 5) is 4.48.